The molecule has 0 saturated heterocycles. The zero-order chi connectivity index (χ0) is 23.5. The Morgan fingerprint density at radius 2 is 2.03 bits per heavy atom. The maximum Gasteiger partial charge on any atom is 0.277 e. The minimum absolute atomic E-state index is 0.122. The Morgan fingerprint density at radius 3 is 2.82 bits per heavy atom. The fourth-order valence-electron chi connectivity index (χ4n) is 3.14. The number of carbonyl (C=O) groups is 1. The quantitative estimate of drug-likeness (QED) is 0.242. The first-order valence-corrected chi connectivity index (χ1v) is 11.7. The van der Waals surface area contributed by atoms with Crippen LogP contribution in [0.5, 0.6) is 11.5 Å². The number of para-hydroxylation sites is 1. The zero-order valence-corrected chi connectivity index (χ0v) is 19.9. The summed E-state index contributed by atoms with van der Waals surface area (Å²) >= 11 is 1.18. The van der Waals surface area contributed by atoms with Crippen LogP contribution in [0.4, 0.5) is 0 Å². The normalized spacial score (nSPS) is 11.0. The SMILES string of the molecule is CCOc1ccccc1/C=N\NC(=O)CSc1nnc(CCCc2ccc(OC)c(C)c2)o1. The number of ether oxygens (including phenoxy) is 2. The van der Waals surface area contributed by atoms with Gasteiger partial charge in [-0.1, -0.05) is 36.0 Å². The predicted octanol–water partition coefficient (Wildman–Crippen LogP) is 4.20. The molecule has 8 nitrogen and oxygen atoms in total. The second kappa shape index (κ2) is 12.6. The van der Waals surface area contributed by atoms with Gasteiger partial charge in [0.25, 0.3) is 11.1 Å². The molecule has 0 aliphatic carbocycles. The van der Waals surface area contributed by atoms with E-state index < -0.39 is 0 Å². The first-order valence-electron chi connectivity index (χ1n) is 10.7. The highest BCUT2D eigenvalue weighted by Gasteiger charge is 2.10. The maximum atomic E-state index is 12.1. The van der Waals surface area contributed by atoms with Gasteiger partial charge in [-0.2, -0.15) is 5.10 Å². The second-order valence-electron chi connectivity index (χ2n) is 7.17. The monoisotopic (exact) mass is 468 g/mol. The summed E-state index contributed by atoms with van der Waals surface area (Å²) in [4.78, 5) is 12.1. The molecule has 0 fully saturated rings. The summed E-state index contributed by atoms with van der Waals surface area (Å²) in [5.41, 5.74) is 5.65. The molecule has 1 amide bonds. The molecule has 174 valence electrons. The molecule has 0 atom stereocenters. The van der Waals surface area contributed by atoms with Crippen LogP contribution in [0, 0.1) is 6.92 Å². The van der Waals surface area contributed by atoms with Crippen LogP contribution in [0.1, 0.15) is 35.9 Å². The lowest BCUT2D eigenvalue weighted by Crippen LogP contribution is -2.19. The highest BCUT2D eigenvalue weighted by atomic mass is 32.2. The molecule has 0 bridgehead atoms. The van der Waals surface area contributed by atoms with Crippen LogP contribution in [0.3, 0.4) is 0 Å². The van der Waals surface area contributed by atoms with Crippen molar-refractivity contribution in [2.75, 3.05) is 19.5 Å². The number of hydrazone groups is 1. The van der Waals surface area contributed by atoms with Crippen molar-refractivity contribution in [1.82, 2.24) is 15.6 Å². The standard InChI is InChI=1S/C24H28N4O4S/c1-4-31-21-10-6-5-9-19(21)15-25-26-22(29)16-33-24-28-27-23(32-24)11-7-8-18-12-13-20(30-3)17(2)14-18/h5-6,9-10,12-15H,4,7-8,11,16H2,1-3H3,(H,26,29)/b25-15-. The average molecular weight is 469 g/mol. The Kier molecular flexibility index (Phi) is 9.31. The highest BCUT2D eigenvalue weighted by molar-refractivity contribution is 7.99. The molecule has 0 aliphatic rings. The largest absolute Gasteiger partial charge is 0.496 e. The van der Waals surface area contributed by atoms with E-state index in [-0.39, 0.29) is 11.7 Å². The third-order valence-corrected chi connectivity index (χ3v) is 5.52. The summed E-state index contributed by atoms with van der Waals surface area (Å²) in [5.74, 6) is 2.03. The maximum absolute atomic E-state index is 12.1. The summed E-state index contributed by atoms with van der Waals surface area (Å²) in [6.45, 7) is 4.50. The van der Waals surface area contributed by atoms with E-state index in [2.05, 4.69) is 32.9 Å². The van der Waals surface area contributed by atoms with E-state index in [1.54, 1.807) is 13.3 Å². The van der Waals surface area contributed by atoms with Gasteiger partial charge in [0.05, 0.1) is 25.7 Å². The van der Waals surface area contributed by atoms with E-state index in [9.17, 15) is 4.79 Å². The lowest BCUT2D eigenvalue weighted by Gasteiger charge is -2.06. The average Bonchev–Trinajstić information content (AvgIpc) is 3.27. The molecule has 1 aromatic heterocycles. The fourth-order valence-corrected chi connectivity index (χ4v) is 3.72. The third kappa shape index (κ3) is 7.64. The number of carbonyl (C=O) groups excluding carboxylic acids is 1. The number of hydrogen-bond acceptors (Lipinski definition) is 8. The van der Waals surface area contributed by atoms with Gasteiger partial charge in [-0.3, -0.25) is 4.79 Å². The van der Waals surface area contributed by atoms with Crippen molar-refractivity contribution in [1.29, 1.82) is 0 Å². The van der Waals surface area contributed by atoms with E-state index >= 15 is 0 Å². The first-order chi connectivity index (χ1) is 16.1. The van der Waals surface area contributed by atoms with Gasteiger partial charge in [-0.15, -0.1) is 10.2 Å². The molecule has 0 aliphatic heterocycles. The number of rotatable bonds is 12. The smallest absolute Gasteiger partial charge is 0.277 e. The number of nitrogens with one attached hydrogen (secondary N) is 1. The highest BCUT2D eigenvalue weighted by Crippen LogP contribution is 2.21. The van der Waals surface area contributed by atoms with E-state index in [1.165, 1.54) is 17.3 Å². The second-order valence-corrected chi connectivity index (χ2v) is 8.10. The molecule has 9 heteroatoms. The molecule has 3 aromatic rings. The third-order valence-electron chi connectivity index (χ3n) is 4.70. The Hall–Kier alpha value is -3.33. The van der Waals surface area contributed by atoms with Crippen molar-refractivity contribution >= 4 is 23.9 Å². The van der Waals surface area contributed by atoms with Gasteiger partial charge in [0.1, 0.15) is 11.5 Å². The van der Waals surface area contributed by atoms with Crippen LogP contribution in [-0.2, 0) is 17.6 Å². The minimum Gasteiger partial charge on any atom is -0.496 e. The summed E-state index contributed by atoms with van der Waals surface area (Å²) in [6, 6.07) is 13.7. The molecule has 0 saturated carbocycles. The molecule has 0 unspecified atom stereocenters. The molecule has 0 radical (unpaired) electrons. The topological polar surface area (TPSA) is 98.8 Å². The van der Waals surface area contributed by atoms with E-state index in [1.807, 2.05) is 44.2 Å². The number of hydrogen-bond donors (Lipinski definition) is 1. The van der Waals surface area contributed by atoms with Crippen molar-refractivity contribution in [2.45, 2.75) is 38.3 Å². The van der Waals surface area contributed by atoms with Crippen LogP contribution in [0.15, 0.2) is 57.2 Å². The lowest BCUT2D eigenvalue weighted by molar-refractivity contribution is -0.118. The molecule has 2 aromatic carbocycles. The molecule has 0 spiro atoms. The molecule has 3 rings (SSSR count). The number of benzene rings is 2. The van der Waals surface area contributed by atoms with Crippen LogP contribution in [0.2, 0.25) is 0 Å². The molecular formula is C24H28N4O4S. The van der Waals surface area contributed by atoms with E-state index in [4.69, 9.17) is 13.9 Å². The van der Waals surface area contributed by atoms with E-state index in [0.29, 0.717) is 29.9 Å². The van der Waals surface area contributed by atoms with Crippen molar-refractivity contribution < 1.29 is 18.7 Å². The summed E-state index contributed by atoms with van der Waals surface area (Å²) in [7, 11) is 1.67. The zero-order valence-electron chi connectivity index (χ0n) is 19.0. The van der Waals surface area contributed by atoms with Gasteiger partial charge in [0.15, 0.2) is 0 Å². The van der Waals surface area contributed by atoms with Crippen molar-refractivity contribution in [3.8, 4) is 11.5 Å². The molecular weight excluding hydrogens is 440 g/mol. The number of thioether (sulfide) groups is 1. The summed E-state index contributed by atoms with van der Waals surface area (Å²) in [6.07, 6.45) is 4.02. The lowest BCUT2D eigenvalue weighted by atomic mass is 10.1. The number of methoxy groups -OCH3 is 1. The number of aromatic nitrogens is 2. The van der Waals surface area contributed by atoms with Gasteiger partial charge < -0.3 is 13.9 Å². The minimum atomic E-state index is -0.264. The van der Waals surface area contributed by atoms with Gasteiger partial charge in [-0.05, 0) is 56.0 Å². The summed E-state index contributed by atoms with van der Waals surface area (Å²) in [5, 5.41) is 12.4. The van der Waals surface area contributed by atoms with Crippen LogP contribution in [0.25, 0.3) is 0 Å². The van der Waals surface area contributed by atoms with Crippen LogP contribution >= 0.6 is 11.8 Å². The van der Waals surface area contributed by atoms with Gasteiger partial charge in [0.2, 0.25) is 5.89 Å². The Morgan fingerprint density at radius 1 is 1.18 bits per heavy atom. The number of amides is 1. The Bertz CT molecular complexity index is 1080. The molecule has 33 heavy (non-hydrogen) atoms. The number of aryl methyl sites for hydroxylation is 3. The van der Waals surface area contributed by atoms with Crippen LogP contribution in [-0.4, -0.2) is 41.8 Å². The van der Waals surface area contributed by atoms with Gasteiger partial charge >= 0.3 is 0 Å². The number of nitrogens with zero attached hydrogens (tertiary/aromatic N) is 3. The Labute approximate surface area is 197 Å². The predicted molar refractivity (Wildman–Crippen MR) is 128 cm³/mol. The fraction of sp³-hybridized carbons (Fsp3) is 0.333. The van der Waals surface area contributed by atoms with Crippen molar-refractivity contribution in [2.24, 2.45) is 5.10 Å². The van der Waals surface area contributed by atoms with Gasteiger partial charge in [-0.25, -0.2) is 5.43 Å². The van der Waals surface area contributed by atoms with Crippen molar-refractivity contribution in [3.63, 3.8) is 0 Å². The van der Waals surface area contributed by atoms with Crippen LogP contribution < -0.4 is 14.9 Å². The Balaban J connectivity index is 1.39. The summed E-state index contributed by atoms with van der Waals surface area (Å²) < 4.78 is 16.5. The van der Waals surface area contributed by atoms with Crippen molar-refractivity contribution in [3.05, 3.63) is 65.0 Å². The first kappa shape index (κ1) is 24.3. The van der Waals surface area contributed by atoms with Gasteiger partial charge in [0, 0.05) is 12.0 Å². The molecule has 1 heterocycles. The van der Waals surface area contributed by atoms with E-state index in [0.717, 1.165) is 29.7 Å². The molecule has 1 N–H and O–H groups in total.